The van der Waals surface area contributed by atoms with Crippen LogP contribution < -0.4 is 5.73 Å². The lowest BCUT2D eigenvalue weighted by Crippen LogP contribution is -2.21. The number of rotatable bonds is 4. The Hall–Kier alpha value is -4.33. The average Bonchev–Trinajstić information content (AvgIpc) is 3.33. The van der Waals surface area contributed by atoms with E-state index >= 15 is 0 Å². The first-order valence-corrected chi connectivity index (χ1v) is 11.8. The van der Waals surface area contributed by atoms with Gasteiger partial charge in [0.2, 0.25) is 0 Å². The fraction of sp³-hybridized carbons (Fsp3) is 0.222. The van der Waals surface area contributed by atoms with Crippen LogP contribution in [0.15, 0.2) is 67.1 Å². The smallest absolute Gasteiger partial charge is 0.306 e. The molecule has 1 aliphatic carbocycles. The van der Waals surface area contributed by atoms with Gasteiger partial charge in [-0.2, -0.15) is 0 Å². The summed E-state index contributed by atoms with van der Waals surface area (Å²) in [7, 11) is 0. The van der Waals surface area contributed by atoms with E-state index < -0.39 is 5.97 Å². The second kappa shape index (κ2) is 8.47. The van der Waals surface area contributed by atoms with E-state index in [-0.39, 0.29) is 11.8 Å². The number of carboxylic acid groups (broad SMARTS) is 1. The van der Waals surface area contributed by atoms with E-state index in [1.165, 1.54) is 0 Å². The minimum Gasteiger partial charge on any atom is -0.481 e. The number of nitrogens with zero attached hydrogens (tertiary/aromatic N) is 5. The summed E-state index contributed by atoms with van der Waals surface area (Å²) in [6.07, 6.45) is 8.42. The maximum Gasteiger partial charge on any atom is 0.306 e. The normalized spacial score (nSPS) is 18.2. The van der Waals surface area contributed by atoms with Crippen LogP contribution in [0.2, 0.25) is 0 Å². The molecule has 1 saturated carbocycles. The standard InChI is InChI=1S/C27H24N6O2/c28-25-24-14-30-26(17-6-8-18(9-7-17)27(34)35)33(24)15-23(32-25)19-10-11-20-21(12-19)31-22(13-29-20)16-4-2-1-3-5-16/h1-5,10-15,17-18H,6-9H2,(H2,28,32)(H,34,35). The Kier molecular flexibility index (Phi) is 5.13. The lowest BCUT2D eigenvalue weighted by Gasteiger charge is -2.25. The molecule has 0 spiro atoms. The van der Waals surface area contributed by atoms with Gasteiger partial charge in [0.1, 0.15) is 17.2 Å². The van der Waals surface area contributed by atoms with E-state index in [9.17, 15) is 9.90 Å². The number of hydrogen-bond donors (Lipinski definition) is 2. The van der Waals surface area contributed by atoms with E-state index in [0.717, 1.165) is 57.7 Å². The molecule has 0 amide bonds. The molecule has 5 aromatic rings. The number of carboxylic acids is 1. The Bertz CT molecular complexity index is 1550. The fourth-order valence-electron chi connectivity index (χ4n) is 5.00. The molecule has 2 aromatic carbocycles. The van der Waals surface area contributed by atoms with Crippen LogP contribution in [0.1, 0.15) is 37.4 Å². The van der Waals surface area contributed by atoms with Crippen molar-refractivity contribution in [3.05, 3.63) is 72.9 Å². The third-order valence-electron chi connectivity index (χ3n) is 6.93. The van der Waals surface area contributed by atoms with Crippen LogP contribution in [-0.4, -0.2) is 35.4 Å². The molecule has 0 unspecified atom stereocenters. The summed E-state index contributed by atoms with van der Waals surface area (Å²) in [6, 6.07) is 15.9. The Morgan fingerprint density at radius 2 is 1.69 bits per heavy atom. The third kappa shape index (κ3) is 3.86. The van der Waals surface area contributed by atoms with Crippen LogP contribution in [0.25, 0.3) is 39.1 Å². The molecular weight excluding hydrogens is 440 g/mol. The van der Waals surface area contributed by atoms with Crippen molar-refractivity contribution in [1.82, 2.24) is 24.3 Å². The van der Waals surface area contributed by atoms with Crippen molar-refractivity contribution >= 4 is 28.3 Å². The highest BCUT2D eigenvalue weighted by atomic mass is 16.4. The summed E-state index contributed by atoms with van der Waals surface area (Å²) in [5.41, 5.74) is 12.1. The van der Waals surface area contributed by atoms with Gasteiger partial charge in [-0.3, -0.25) is 14.2 Å². The summed E-state index contributed by atoms with van der Waals surface area (Å²) in [5, 5.41) is 9.33. The Balaban J connectivity index is 1.38. The van der Waals surface area contributed by atoms with Gasteiger partial charge in [-0.15, -0.1) is 0 Å². The molecule has 35 heavy (non-hydrogen) atoms. The van der Waals surface area contributed by atoms with Gasteiger partial charge < -0.3 is 10.8 Å². The highest BCUT2D eigenvalue weighted by Crippen LogP contribution is 2.36. The molecule has 1 fully saturated rings. The molecule has 0 radical (unpaired) electrons. The van der Waals surface area contributed by atoms with Crippen LogP contribution in [-0.2, 0) is 4.79 Å². The van der Waals surface area contributed by atoms with Gasteiger partial charge in [0.05, 0.1) is 40.7 Å². The van der Waals surface area contributed by atoms with Gasteiger partial charge >= 0.3 is 5.97 Å². The Labute approximate surface area is 201 Å². The van der Waals surface area contributed by atoms with Crippen molar-refractivity contribution in [2.75, 3.05) is 5.73 Å². The summed E-state index contributed by atoms with van der Waals surface area (Å²) >= 11 is 0. The van der Waals surface area contributed by atoms with E-state index in [1.54, 1.807) is 12.4 Å². The van der Waals surface area contributed by atoms with Gasteiger partial charge in [0.15, 0.2) is 0 Å². The Morgan fingerprint density at radius 3 is 2.46 bits per heavy atom. The average molecular weight is 465 g/mol. The molecule has 0 atom stereocenters. The first-order chi connectivity index (χ1) is 17.1. The predicted molar refractivity (Wildman–Crippen MR) is 134 cm³/mol. The minimum atomic E-state index is -0.706. The Morgan fingerprint density at radius 1 is 0.886 bits per heavy atom. The van der Waals surface area contributed by atoms with Crippen molar-refractivity contribution in [3.63, 3.8) is 0 Å². The molecule has 0 bridgehead atoms. The zero-order chi connectivity index (χ0) is 23.9. The number of aromatic nitrogens is 5. The predicted octanol–water partition coefficient (Wildman–Crippen LogP) is 4.95. The van der Waals surface area contributed by atoms with Crippen LogP contribution in [0, 0.1) is 5.92 Å². The molecule has 6 rings (SSSR count). The number of nitrogen functional groups attached to an aromatic ring is 1. The maximum absolute atomic E-state index is 11.3. The van der Waals surface area contributed by atoms with Gasteiger partial charge in [-0.25, -0.2) is 15.0 Å². The topological polar surface area (TPSA) is 119 Å². The lowest BCUT2D eigenvalue weighted by atomic mass is 9.81. The van der Waals surface area contributed by atoms with Crippen molar-refractivity contribution < 1.29 is 9.90 Å². The van der Waals surface area contributed by atoms with Gasteiger partial charge in [-0.05, 0) is 37.8 Å². The van der Waals surface area contributed by atoms with Gasteiger partial charge in [-0.1, -0.05) is 36.4 Å². The van der Waals surface area contributed by atoms with Crippen LogP contribution in [0.3, 0.4) is 0 Å². The molecule has 1 aliphatic rings. The second-order valence-electron chi connectivity index (χ2n) is 9.09. The highest BCUT2D eigenvalue weighted by molar-refractivity contribution is 5.83. The fourth-order valence-corrected chi connectivity index (χ4v) is 5.00. The maximum atomic E-state index is 11.3. The number of aliphatic carboxylic acids is 1. The molecule has 8 heteroatoms. The van der Waals surface area contributed by atoms with Crippen molar-refractivity contribution in [2.24, 2.45) is 5.92 Å². The van der Waals surface area contributed by atoms with Crippen LogP contribution >= 0.6 is 0 Å². The number of nitrogens with two attached hydrogens (primary N) is 1. The second-order valence-corrected chi connectivity index (χ2v) is 9.09. The summed E-state index contributed by atoms with van der Waals surface area (Å²) < 4.78 is 2.01. The van der Waals surface area contributed by atoms with Crippen LogP contribution in [0.4, 0.5) is 5.82 Å². The SMILES string of the molecule is Nc1nc(-c2ccc3ncc(-c4ccccc4)nc3c2)cn2c(C3CCC(C(=O)O)CC3)ncc12. The lowest BCUT2D eigenvalue weighted by molar-refractivity contribution is -0.142. The number of hydrogen-bond acceptors (Lipinski definition) is 6. The number of imidazole rings is 1. The number of fused-ring (bicyclic) bond motifs is 2. The molecular formula is C27H24N6O2. The monoisotopic (exact) mass is 464 g/mol. The molecule has 3 N–H and O–H groups in total. The summed E-state index contributed by atoms with van der Waals surface area (Å²) in [5.74, 6) is 0.538. The van der Waals surface area contributed by atoms with E-state index in [4.69, 9.17) is 10.7 Å². The zero-order valence-corrected chi connectivity index (χ0v) is 19.0. The van der Waals surface area contributed by atoms with Crippen molar-refractivity contribution in [1.29, 1.82) is 0 Å². The summed E-state index contributed by atoms with van der Waals surface area (Å²) in [4.78, 5) is 30.1. The number of anilines is 1. The van der Waals surface area contributed by atoms with Gasteiger partial charge in [0, 0.05) is 23.2 Å². The highest BCUT2D eigenvalue weighted by Gasteiger charge is 2.29. The molecule has 3 aromatic heterocycles. The molecule has 0 aliphatic heterocycles. The van der Waals surface area contributed by atoms with Crippen molar-refractivity contribution in [2.45, 2.75) is 31.6 Å². The quantitative estimate of drug-likeness (QED) is 0.386. The zero-order valence-electron chi connectivity index (χ0n) is 19.0. The largest absolute Gasteiger partial charge is 0.481 e. The molecule has 3 heterocycles. The molecule has 0 saturated heterocycles. The third-order valence-corrected chi connectivity index (χ3v) is 6.93. The first kappa shape index (κ1) is 21.2. The number of benzene rings is 2. The minimum absolute atomic E-state index is 0.193. The van der Waals surface area contributed by atoms with E-state index in [1.807, 2.05) is 59.1 Å². The van der Waals surface area contributed by atoms with Crippen LogP contribution in [0.5, 0.6) is 0 Å². The van der Waals surface area contributed by atoms with Gasteiger partial charge in [0.25, 0.3) is 0 Å². The van der Waals surface area contributed by atoms with Crippen molar-refractivity contribution in [3.8, 4) is 22.5 Å². The summed E-state index contributed by atoms with van der Waals surface area (Å²) in [6.45, 7) is 0. The molecule has 8 nitrogen and oxygen atoms in total. The van der Waals surface area contributed by atoms with E-state index in [0.29, 0.717) is 18.7 Å². The first-order valence-electron chi connectivity index (χ1n) is 11.8. The molecule has 174 valence electrons. The number of carbonyl (C=O) groups is 1. The van der Waals surface area contributed by atoms with E-state index in [2.05, 4.69) is 15.0 Å².